The summed E-state index contributed by atoms with van der Waals surface area (Å²) in [5.41, 5.74) is 0. The van der Waals surface area contributed by atoms with E-state index < -0.39 is 0 Å². The first-order valence-electron chi connectivity index (χ1n) is 7.04. The molecule has 1 heterocycles. The van der Waals surface area contributed by atoms with Gasteiger partial charge in [-0.2, -0.15) is 0 Å². The van der Waals surface area contributed by atoms with Gasteiger partial charge in [-0.05, 0) is 12.3 Å². The van der Waals surface area contributed by atoms with E-state index in [2.05, 4.69) is 23.5 Å². The van der Waals surface area contributed by atoms with Gasteiger partial charge in [-0.1, -0.05) is 38.2 Å². The zero-order valence-corrected chi connectivity index (χ0v) is 12.1. The third-order valence-corrected chi connectivity index (χ3v) is 3.48. The number of nitrogens with one attached hydrogen (secondary N) is 1. The number of carbonyl (C=O) groups is 2. The highest BCUT2D eigenvalue weighted by molar-refractivity contribution is 5.96. The van der Waals surface area contributed by atoms with Crippen LogP contribution in [-0.4, -0.2) is 36.9 Å². The molecule has 1 saturated heterocycles. The maximum absolute atomic E-state index is 11.9. The lowest BCUT2D eigenvalue weighted by atomic mass is 9.82. The molecule has 0 aromatic rings. The van der Waals surface area contributed by atoms with Gasteiger partial charge >= 0.3 is 0 Å². The molecule has 0 radical (unpaired) electrons. The van der Waals surface area contributed by atoms with Crippen LogP contribution in [0.2, 0.25) is 0 Å². The molecule has 0 saturated carbocycles. The van der Waals surface area contributed by atoms with Crippen LogP contribution in [0.3, 0.4) is 0 Å². The molecule has 0 spiro atoms. The van der Waals surface area contributed by atoms with Gasteiger partial charge in [0.2, 0.25) is 11.8 Å². The second kappa shape index (κ2) is 7.77. The van der Waals surface area contributed by atoms with Crippen LogP contribution in [0.25, 0.3) is 0 Å². The molecule has 4 heteroatoms. The molecule has 4 nitrogen and oxygen atoms in total. The molecule has 0 aromatic heterocycles. The van der Waals surface area contributed by atoms with Gasteiger partial charge in [-0.3, -0.25) is 9.59 Å². The molecule has 0 aromatic carbocycles. The number of likely N-dealkylation sites (tertiary alicyclic amines) is 1. The number of amides is 2. The van der Waals surface area contributed by atoms with Crippen molar-refractivity contribution in [2.45, 2.75) is 26.7 Å². The number of nitrogens with zero attached hydrogens (tertiary/aromatic N) is 1. The van der Waals surface area contributed by atoms with E-state index in [1.807, 2.05) is 19.9 Å². The van der Waals surface area contributed by atoms with Crippen LogP contribution in [0, 0.1) is 11.8 Å². The lowest BCUT2D eigenvalue weighted by Crippen LogP contribution is -2.44. The highest BCUT2D eigenvalue weighted by atomic mass is 16.2. The number of fused-ring (bicyclic) bond motifs is 1. The first-order valence-corrected chi connectivity index (χ1v) is 7.04. The van der Waals surface area contributed by atoms with Crippen LogP contribution < -0.4 is 5.32 Å². The normalized spacial score (nSPS) is 24.1. The molecule has 1 aliphatic heterocycles. The Kier molecular flexibility index (Phi) is 6.33. The molecule has 2 atom stereocenters. The molecule has 19 heavy (non-hydrogen) atoms. The van der Waals surface area contributed by atoms with E-state index in [1.54, 1.807) is 11.9 Å². The van der Waals surface area contributed by atoms with Crippen molar-refractivity contribution in [3.05, 3.63) is 24.3 Å². The average Bonchev–Trinajstić information content (AvgIpc) is 2.48. The maximum atomic E-state index is 11.9. The third-order valence-electron chi connectivity index (χ3n) is 3.48. The Hall–Kier alpha value is -1.58. The van der Waals surface area contributed by atoms with Crippen molar-refractivity contribution in [2.75, 3.05) is 20.1 Å². The standard InChI is InChI=1S/C13H18N2O2.C2H6/c1-14-12(16)8-13(17)15-7-6-10-4-2-3-5-11(10)9-15;1-2/h2-5,10-11H,6-9H2,1H3,(H,14,16);1-2H3. The largest absolute Gasteiger partial charge is 0.359 e. The van der Waals surface area contributed by atoms with Gasteiger partial charge < -0.3 is 10.2 Å². The summed E-state index contributed by atoms with van der Waals surface area (Å²) in [4.78, 5) is 24.8. The summed E-state index contributed by atoms with van der Waals surface area (Å²) in [6, 6.07) is 0. The summed E-state index contributed by atoms with van der Waals surface area (Å²) in [6.07, 6.45) is 9.44. The number of hydrogen-bond donors (Lipinski definition) is 1. The molecule has 1 N–H and O–H groups in total. The number of piperidine rings is 1. The first kappa shape index (κ1) is 15.5. The van der Waals surface area contributed by atoms with Crippen LogP contribution >= 0.6 is 0 Å². The van der Waals surface area contributed by atoms with E-state index in [1.165, 1.54) is 0 Å². The number of hydrogen-bond acceptors (Lipinski definition) is 2. The second-order valence-electron chi connectivity index (χ2n) is 4.58. The van der Waals surface area contributed by atoms with Crippen LogP contribution in [-0.2, 0) is 9.59 Å². The number of allylic oxidation sites excluding steroid dienone is 3. The quantitative estimate of drug-likeness (QED) is 0.772. The van der Waals surface area contributed by atoms with Gasteiger partial charge in [0, 0.05) is 26.1 Å². The monoisotopic (exact) mass is 264 g/mol. The predicted molar refractivity (Wildman–Crippen MR) is 76.5 cm³/mol. The Balaban J connectivity index is 0.000000861. The Morgan fingerprint density at radius 1 is 1.21 bits per heavy atom. The van der Waals surface area contributed by atoms with E-state index in [-0.39, 0.29) is 18.2 Å². The zero-order chi connectivity index (χ0) is 14.3. The third kappa shape index (κ3) is 4.23. The van der Waals surface area contributed by atoms with E-state index >= 15 is 0 Å². The molecular formula is C15H24N2O2. The fraction of sp³-hybridized carbons (Fsp3) is 0.600. The molecule has 0 bridgehead atoms. The Morgan fingerprint density at radius 3 is 2.47 bits per heavy atom. The topological polar surface area (TPSA) is 49.4 Å². The smallest absolute Gasteiger partial charge is 0.232 e. The van der Waals surface area contributed by atoms with Gasteiger partial charge in [0.1, 0.15) is 6.42 Å². The van der Waals surface area contributed by atoms with Crippen LogP contribution in [0.4, 0.5) is 0 Å². The van der Waals surface area contributed by atoms with Gasteiger partial charge in [0.15, 0.2) is 0 Å². The van der Waals surface area contributed by atoms with Crippen molar-refractivity contribution < 1.29 is 9.59 Å². The van der Waals surface area contributed by atoms with Gasteiger partial charge in [-0.15, -0.1) is 0 Å². The summed E-state index contributed by atoms with van der Waals surface area (Å²) < 4.78 is 0. The molecule has 2 rings (SSSR count). The van der Waals surface area contributed by atoms with E-state index in [4.69, 9.17) is 0 Å². The van der Waals surface area contributed by atoms with Gasteiger partial charge in [-0.25, -0.2) is 0 Å². The first-order chi connectivity index (χ1) is 9.20. The molecule has 2 amide bonds. The maximum Gasteiger partial charge on any atom is 0.232 e. The molecule has 1 aliphatic carbocycles. The summed E-state index contributed by atoms with van der Waals surface area (Å²) in [5, 5.41) is 2.48. The summed E-state index contributed by atoms with van der Waals surface area (Å²) in [7, 11) is 1.55. The molecule has 1 fully saturated rings. The fourth-order valence-electron chi connectivity index (χ4n) is 2.42. The number of rotatable bonds is 2. The lowest BCUT2D eigenvalue weighted by Gasteiger charge is -2.37. The van der Waals surface area contributed by atoms with Gasteiger partial charge in [0.25, 0.3) is 0 Å². The van der Waals surface area contributed by atoms with Crippen molar-refractivity contribution in [2.24, 2.45) is 11.8 Å². The number of carbonyl (C=O) groups excluding carboxylic acids is 2. The van der Waals surface area contributed by atoms with E-state index in [9.17, 15) is 9.59 Å². The Bertz CT molecular complexity index is 374. The zero-order valence-electron chi connectivity index (χ0n) is 12.1. The summed E-state index contributed by atoms with van der Waals surface area (Å²) in [6.45, 7) is 5.50. The van der Waals surface area contributed by atoms with E-state index in [0.29, 0.717) is 11.8 Å². The highest BCUT2D eigenvalue weighted by Crippen LogP contribution is 2.28. The fourth-order valence-corrected chi connectivity index (χ4v) is 2.42. The minimum Gasteiger partial charge on any atom is -0.359 e. The lowest BCUT2D eigenvalue weighted by molar-refractivity contribution is -0.137. The minimum absolute atomic E-state index is 0.0343. The molecular weight excluding hydrogens is 240 g/mol. The molecule has 106 valence electrons. The van der Waals surface area contributed by atoms with Gasteiger partial charge in [0.05, 0.1) is 0 Å². The Labute approximate surface area is 115 Å². The van der Waals surface area contributed by atoms with Crippen molar-refractivity contribution in [1.82, 2.24) is 10.2 Å². The average molecular weight is 264 g/mol. The predicted octanol–water partition coefficient (Wildman–Crippen LogP) is 1.74. The second-order valence-corrected chi connectivity index (χ2v) is 4.58. The molecule has 2 aliphatic rings. The SMILES string of the molecule is CC.CNC(=O)CC(=O)N1CCC2C=CC=CC2C1. The van der Waals surface area contributed by atoms with Crippen LogP contribution in [0.5, 0.6) is 0 Å². The summed E-state index contributed by atoms with van der Waals surface area (Å²) >= 11 is 0. The Morgan fingerprint density at radius 2 is 1.84 bits per heavy atom. The van der Waals surface area contributed by atoms with Crippen molar-refractivity contribution in [3.63, 3.8) is 0 Å². The van der Waals surface area contributed by atoms with Crippen molar-refractivity contribution in [3.8, 4) is 0 Å². The highest BCUT2D eigenvalue weighted by Gasteiger charge is 2.29. The van der Waals surface area contributed by atoms with E-state index in [0.717, 1.165) is 19.5 Å². The summed E-state index contributed by atoms with van der Waals surface area (Å²) in [5.74, 6) is 0.702. The molecule has 2 unspecified atom stereocenters. The van der Waals surface area contributed by atoms with Crippen molar-refractivity contribution in [1.29, 1.82) is 0 Å². The van der Waals surface area contributed by atoms with Crippen molar-refractivity contribution >= 4 is 11.8 Å². The minimum atomic E-state index is -0.212. The van der Waals surface area contributed by atoms with Crippen LogP contribution in [0.1, 0.15) is 26.7 Å². The van der Waals surface area contributed by atoms with Crippen LogP contribution in [0.15, 0.2) is 24.3 Å².